The maximum atomic E-state index is 7.76. The molecule has 396 valence electrons. The largest absolute Gasteiger partial charge is 0.309 e. The van der Waals surface area contributed by atoms with Crippen LogP contribution in [0, 0.1) is 0 Å². The van der Waals surface area contributed by atoms with E-state index in [2.05, 4.69) is 363 Å². The van der Waals surface area contributed by atoms with Crippen LogP contribution in [0.4, 0.5) is 34.1 Å². The fourth-order valence-corrected chi connectivity index (χ4v) is 12.3. The van der Waals surface area contributed by atoms with Crippen molar-refractivity contribution in [1.82, 2.24) is 0 Å². The molecule has 0 saturated carbocycles. The van der Waals surface area contributed by atoms with Gasteiger partial charge in [0.1, 0.15) is 0 Å². The lowest BCUT2D eigenvalue weighted by molar-refractivity contribution is 1.25. The molecule has 2 nitrogen and oxygen atoms in total. The van der Waals surface area contributed by atoms with Crippen molar-refractivity contribution in [3.63, 3.8) is 0 Å². The van der Waals surface area contributed by atoms with E-state index < -0.39 is 0 Å². The summed E-state index contributed by atoms with van der Waals surface area (Å²) in [6.45, 7) is 0. The third-order valence-electron chi connectivity index (χ3n) is 15.2. The van der Waals surface area contributed by atoms with Crippen LogP contribution < -0.4 is 9.80 Å². The van der Waals surface area contributed by atoms with Gasteiger partial charge in [0.15, 0.2) is 0 Å². The van der Waals surface area contributed by atoms with Gasteiger partial charge in [-0.1, -0.05) is 286 Å². The van der Waals surface area contributed by atoms with Crippen LogP contribution in [0.5, 0.6) is 0 Å². The van der Waals surface area contributed by atoms with E-state index in [1.54, 1.807) is 0 Å². The quantitative estimate of drug-likeness (QED) is 0.107. The first-order chi connectivity index (χ1) is 40.9. The summed E-state index contributed by atoms with van der Waals surface area (Å²) in [6.07, 6.45) is 0. The second-order valence-electron chi connectivity index (χ2n) is 20.5. The molecule has 0 atom stereocenters. The SMILES string of the molecule is Clc1cc(N(c2cccc(Br)c2)c2c(-c3cccc(-c4ccccc4)c3)cccc2-c2cccc(-c3ccccc3)c2)cc(N(c2cccc(Br)c2)c2c(-c3cccc(-c4ccccc4)c3)cccc2-c2cccc(-c3ccccc3)c2)c1. The molecule has 0 N–H and O–H groups in total. The summed E-state index contributed by atoms with van der Waals surface area (Å²) < 4.78 is 1.89. The number of para-hydroxylation sites is 2. The number of benzene rings is 13. The van der Waals surface area contributed by atoms with Crippen LogP contribution in [0.3, 0.4) is 0 Å². The third-order valence-corrected chi connectivity index (χ3v) is 16.4. The molecule has 0 heterocycles. The summed E-state index contributed by atoms with van der Waals surface area (Å²) in [6, 6.07) is 115. The molecule has 13 aromatic rings. The smallest absolute Gasteiger partial charge is 0.0618 e. The van der Waals surface area contributed by atoms with Crippen LogP contribution in [0.2, 0.25) is 5.02 Å². The van der Waals surface area contributed by atoms with E-state index >= 15 is 0 Å². The predicted octanol–water partition coefficient (Wildman–Crippen LogP) is 24.1. The van der Waals surface area contributed by atoms with Gasteiger partial charge in [-0.15, -0.1) is 0 Å². The molecule has 0 aliphatic heterocycles. The monoisotopic (exact) mass is 1210 g/mol. The highest BCUT2D eigenvalue weighted by Gasteiger charge is 2.27. The van der Waals surface area contributed by atoms with Crippen LogP contribution in [0.25, 0.3) is 89.0 Å². The van der Waals surface area contributed by atoms with Crippen molar-refractivity contribution < 1.29 is 0 Å². The predicted molar refractivity (Wildman–Crippen MR) is 360 cm³/mol. The molecule has 0 aliphatic carbocycles. The molecular weight excluding hydrogens is 1160 g/mol. The van der Waals surface area contributed by atoms with Gasteiger partial charge in [0.2, 0.25) is 0 Å². The third kappa shape index (κ3) is 11.4. The van der Waals surface area contributed by atoms with Gasteiger partial charge in [0.25, 0.3) is 0 Å². The van der Waals surface area contributed by atoms with Gasteiger partial charge in [-0.3, -0.25) is 0 Å². The number of hydrogen-bond donors (Lipinski definition) is 0. The highest BCUT2D eigenvalue weighted by Crippen LogP contribution is 2.52. The lowest BCUT2D eigenvalue weighted by Gasteiger charge is -2.34. The van der Waals surface area contributed by atoms with E-state index in [0.29, 0.717) is 5.02 Å². The zero-order valence-corrected chi connectivity index (χ0v) is 49.1. The second-order valence-corrected chi connectivity index (χ2v) is 22.8. The highest BCUT2D eigenvalue weighted by molar-refractivity contribution is 9.10. The van der Waals surface area contributed by atoms with E-state index in [1.165, 1.54) is 0 Å². The van der Waals surface area contributed by atoms with Crippen LogP contribution in [0.15, 0.2) is 330 Å². The van der Waals surface area contributed by atoms with Crippen molar-refractivity contribution in [3.05, 3.63) is 335 Å². The van der Waals surface area contributed by atoms with E-state index in [1.807, 2.05) is 0 Å². The summed E-state index contributed by atoms with van der Waals surface area (Å²) in [5.41, 5.74) is 23.3. The Morgan fingerprint density at radius 1 is 0.205 bits per heavy atom. The Morgan fingerprint density at radius 3 is 0.747 bits per heavy atom. The Bertz CT molecular complexity index is 3950. The van der Waals surface area contributed by atoms with Gasteiger partial charge in [-0.05, 0) is 146 Å². The molecule has 13 rings (SSSR count). The van der Waals surface area contributed by atoms with Gasteiger partial charge < -0.3 is 9.80 Å². The molecule has 5 heteroatoms. The molecule has 0 aromatic heterocycles. The van der Waals surface area contributed by atoms with Gasteiger partial charge in [0, 0.05) is 59.0 Å². The minimum absolute atomic E-state index is 0.574. The maximum absolute atomic E-state index is 7.76. The zero-order valence-electron chi connectivity index (χ0n) is 45.1. The molecule has 0 saturated heterocycles. The molecule has 0 aliphatic rings. The molecule has 0 bridgehead atoms. The molecule has 13 aromatic carbocycles. The van der Waals surface area contributed by atoms with Crippen molar-refractivity contribution in [2.24, 2.45) is 0 Å². The normalized spacial score (nSPS) is 11.1. The molecular formula is C78H53Br2ClN2. The van der Waals surface area contributed by atoms with Crippen LogP contribution in [0.1, 0.15) is 0 Å². The Kier molecular flexibility index (Phi) is 15.4. The molecule has 83 heavy (non-hydrogen) atoms. The van der Waals surface area contributed by atoms with Crippen LogP contribution >= 0.6 is 43.5 Å². The molecule has 0 fully saturated rings. The molecule has 0 spiro atoms. The standard InChI is InChI=1S/C78H53Br2ClN2/c79-66-37-17-39-69(49-66)82(77-73(62-33-13-29-58(45-62)54-21-5-1-6-22-54)41-19-42-74(77)63-34-14-30-59(46-63)55-23-7-2-8-24-55)71-51-68(81)52-72(53-71)83(70-40-18-38-67(80)50-70)78-75(64-35-15-31-60(47-64)56-25-9-3-10-26-56)43-20-44-76(78)65-36-16-32-61(48-65)57-27-11-4-12-28-57/h1-53H. The summed E-state index contributed by atoms with van der Waals surface area (Å²) in [5.74, 6) is 0. The first kappa shape index (κ1) is 53.0. The Hall–Kier alpha value is -9.29. The van der Waals surface area contributed by atoms with Crippen LogP contribution in [-0.4, -0.2) is 0 Å². The number of nitrogens with zero attached hydrogens (tertiary/aromatic N) is 2. The fourth-order valence-electron chi connectivity index (χ4n) is 11.4. The first-order valence-electron chi connectivity index (χ1n) is 27.7. The minimum Gasteiger partial charge on any atom is -0.309 e. The lowest BCUT2D eigenvalue weighted by atomic mass is 9.91. The van der Waals surface area contributed by atoms with Gasteiger partial charge in [-0.2, -0.15) is 0 Å². The number of rotatable bonds is 14. The van der Waals surface area contributed by atoms with Crippen molar-refractivity contribution in [2.45, 2.75) is 0 Å². The van der Waals surface area contributed by atoms with E-state index in [0.717, 1.165) is 132 Å². The van der Waals surface area contributed by atoms with Crippen molar-refractivity contribution in [3.8, 4) is 89.0 Å². The average molecular weight is 1210 g/mol. The topological polar surface area (TPSA) is 6.48 Å². The molecule has 0 amide bonds. The fraction of sp³-hybridized carbons (Fsp3) is 0. The Morgan fingerprint density at radius 2 is 0.458 bits per heavy atom. The molecule has 0 unspecified atom stereocenters. The second kappa shape index (κ2) is 24.0. The highest BCUT2D eigenvalue weighted by atomic mass is 79.9. The summed E-state index contributed by atoms with van der Waals surface area (Å²) in [5, 5.41) is 0.574. The zero-order chi connectivity index (χ0) is 56.1. The average Bonchev–Trinajstić information content (AvgIpc) is 3.18. The van der Waals surface area contributed by atoms with Gasteiger partial charge in [-0.25, -0.2) is 0 Å². The van der Waals surface area contributed by atoms with Gasteiger partial charge in [0.05, 0.1) is 11.4 Å². The minimum atomic E-state index is 0.574. The van der Waals surface area contributed by atoms with Gasteiger partial charge >= 0.3 is 0 Å². The first-order valence-corrected chi connectivity index (χ1v) is 29.7. The van der Waals surface area contributed by atoms with E-state index in [-0.39, 0.29) is 0 Å². The van der Waals surface area contributed by atoms with E-state index in [4.69, 9.17) is 11.6 Å². The summed E-state index contributed by atoms with van der Waals surface area (Å²) in [4.78, 5) is 4.79. The number of halogens is 3. The number of hydrogen-bond acceptors (Lipinski definition) is 2. The maximum Gasteiger partial charge on any atom is 0.0618 e. The lowest BCUT2D eigenvalue weighted by Crippen LogP contribution is -2.16. The van der Waals surface area contributed by atoms with Crippen molar-refractivity contribution in [2.75, 3.05) is 9.80 Å². The van der Waals surface area contributed by atoms with Crippen molar-refractivity contribution in [1.29, 1.82) is 0 Å². The molecule has 0 radical (unpaired) electrons. The summed E-state index contributed by atoms with van der Waals surface area (Å²) >= 11 is 15.6. The Labute approximate surface area is 508 Å². The van der Waals surface area contributed by atoms with Crippen molar-refractivity contribution >= 4 is 77.6 Å². The van der Waals surface area contributed by atoms with Crippen LogP contribution in [-0.2, 0) is 0 Å². The summed E-state index contributed by atoms with van der Waals surface area (Å²) in [7, 11) is 0. The van der Waals surface area contributed by atoms with E-state index in [9.17, 15) is 0 Å². The number of anilines is 6. The Balaban J connectivity index is 1.09.